The lowest BCUT2D eigenvalue weighted by Crippen LogP contribution is -2.56. The van der Waals surface area contributed by atoms with Crippen LogP contribution in [0.3, 0.4) is 0 Å². The van der Waals surface area contributed by atoms with Gasteiger partial charge in [-0.2, -0.15) is 0 Å². The van der Waals surface area contributed by atoms with Gasteiger partial charge in [0.15, 0.2) is 0 Å². The molecule has 8 amide bonds. The summed E-state index contributed by atoms with van der Waals surface area (Å²) in [6.45, 7) is 2.65. The maximum atomic E-state index is 15.3. The van der Waals surface area contributed by atoms with E-state index in [1.54, 1.807) is 55.8 Å². The first-order chi connectivity index (χ1) is 32.5. The number of hydrogen-bond donors (Lipinski definition) is 8. The number of carboxylic acids is 2. The molecule has 2 heterocycles. The molecule has 370 valence electrons. The average Bonchev–Trinajstić information content (AvgIpc) is 3.82. The molecule has 0 saturated carbocycles. The Morgan fingerprint density at radius 3 is 2.04 bits per heavy atom. The number of carboxylic acid groups (broad SMARTS) is 2. The van der Waals surface area contributed by atoms with Crippen LogP contribution in [0.2, 0.25) is 0 Å². The Bertz CT molecular complexity index is 2450. The predicted octanol–water partition coefficient (Wildman–Crippen LogP) is 0.490. The Labute approximate surface area is 394 Å². The first-order valence-electron chi connectivity index (χ1n) is 21.5. The Balaban J connectivity index is 1.71. The molecule has 0 aliphatic carbocycles. The second-order valence-corrected chi connectivity index (χ2v) is 17.1. The van der Waals surface area contributed by atoms with E-state index in [-0.39, 0.29) is 17.7 Å². The minimum absolute atomic E-state index is 0.0875. The lowest BCUT2D eigenvalue weighted by atomic mass is 9.82. The maximum absolute atomic E-state index is 15.3. The number of nitrogens with one attached hydrogen (secondary N) is 4. The molecule has 0 saturated heterocycles. The average molecular weight is 965 g/mol. The molecule has 4 atom stereocenters. The number of nitrogens with two attached hydrogens (primary N) is 1. The van der Waals surface area contributed by atoms with Crippen LogP contribution in [-0.2, 0) is 54.5 Å². The monoisotopic (exact) mass is 964 g/mol. The number of halogens is 2. The van der Waals surface area contributed by atoms with Crippen molar-refractivity contribution in [3.05, 3.63) is 95.8 Å². The van der Waals surface area contributed by atoms with Gasteiger partial charge in [0.1, 0.15) is 42.9 Å². The summed E-state index contributed by atoms with van der Waals surface area (Å²) in [5.74, 6) is -12.0. The van der Waals surface area contributed by atoms with E-state index in [2.05, 4.69) is 21.3 Å². The Kier molecular flexibility index (Phi) is 18.9. The van der Waals surface area contributed by atoms with Gasteiger partial charge in [0.25, 0.3) is 11.8 Å². The number of amides is 8. The molecule has 23 heteroatoms. The van der Waals surface area contributed by atoms with E-state index in [0.29, 0.717) is 10.6 Å². The normalized spacial score (nSPS) is 14.0. The summed E-state index contributed by atoms with van der Waals surface area (Å²) in [5, 5.41) is 38.0. The summed E-state index contributed by atoms with van der Waals surface area (Å²) < 4.78 is 31.6. The van der Waals surface area contributed by atoms with Crippen molar-refractivity contribution in [2.45, 2.75) is 83.6 Å². The zero-order valence-electron chi connectivity index (χ0n) is 37.9. The van der Waals surface area contributed by atoms with Gasteiger partial charge in [-0.1, -0.05) is 51.1 Å². The fourth-order valence-corrected chi connectivity index (χ4v) is 7.50. The minimum Gasteiger partial charge on any atom is -0.481 e. The van der Waals surface area contributed by atoms with Gasteiger partial charge >= 0.3 is 11.9 Å². The van der Waals surface area contributed by atoms with Crippen molar-refractivity contribution >= 4 is 59.2 Å². The van der Waals surface area contributed by atoms with Gasteiger partial charge in [-0.15, -0.1) is 0 Å². The van der Waals surface area contributed by atoms with Crippen LogP contribution >= 0.6 is 0 Å². The first kappa shape index (κ1) is 53.8. The molecule has 1 aliphatic rings. The lowest BCUT2D eigenvalue weighted by Gasteiger charge is -2.41. The standard InChI is InChI=1S/C46H54F2N8O13/c1-46(2,3)42(34-19-27(29-20-28(47)9-10-30(29)48)23-54(34)22-26-7-5-4-6-8-26)55(40(63)25-57)18-16-31(43(66)50-17-15-36(59)51-32(45(68)69)11-14-41(64)65)53-44(67)33(21-35(49)58)52-37(60)24-56-38(61)12-13-39(56)62/h4-10,12-13,19-20,23,31-33,42,57H,11,14-18,21-22,24-25H2,1-3H3,(H2,49,58)(H,50,66)(H,51,59)(H,52,60)(H,53,67)(H,64,65)(H,68,69)/t31-,32+,33-,42-/m0/s1. The number of aliphatic carboxylic acids is 2. The molecule has 0 radical (unpaired) electrons. The highest BCUT2D eigenvalue weighted by Gasteiger charge is 2.39. The molecule has 9 N–H and O–H groups in total. The van der Waals surface area contributed by atoms with Crippen molar-refractivity contribution in [2.75, 3.05) is 26.2 Å². The van der Waals surface area contributed by atoms with Crippen LogP contribution in [0, 0.1) is 17.0 Å². The van der Waals surface area contributed by atoms with Crippen molar-refractivity contribution in [1.82, 2.24) is 35.6 Å². The van der Waals surface area contributed by atoms with Crippen LogP contribution in [0.15, 0.2) is 72.9 Å². The summed E-state index contributed by atoms with van der Waals surface area (Å²) in [6.07, 6.45) is 0.542. The van der Waals surface area contributed by atoms with Crippen molar-refractivity contribution in [3.8, 4) is 11.1 Å². The molecule has 0 spiro atoms. The highest BCUT2D eigenvalue weighted by Crippen LogP contribution is 2.41. The molecular formula is C46H54F2N8O13. The summed E-state index contributed by atoms with van der Waals surface area (Å²) >= 11 is 0. The highest BCUT2D eigenvalue weighted by atomic mass is 19.1. The van der Waals surface area contributed by atoms with Crippen LogP contribution in [0.25, 0.3) is 11.1 Å². The number of imide groups is 1. The van der Waals surface area contributed by atoms with E-state index >= 15 is 4.39 Å². The largest absolute Gasteiger partial charge is 0.481 e. The van der Waals surface area contributed by atoms with Gasteiger partial charge in [-0.3, -0.25) is 48.1 Å². The number of aromatic nitrogens is 1. The molecule has 4 rings (SSSR count). The zero-order valence-corrected chi connectivity index (χ0v) is 37.9. The predicted molar refractivity (Wildman–Crippen MR) is 239 cm³/mol. The summed E-state index contributed by atoms with van der Waals surface area (Å²) in [4.78, 5) is 128. The van der Waals surface area contributed by atoms with Crippen LogP contribution in [0.1, 0.15) is 70.2 Å². The number of carbonyl (C=O) groups excluding carboxylic acids is 8. The van der Waals surface area contributed by atoms with Gasteiger partial charge in [0.2, 0.25) is 35.4 Å². The summed E-state index contributed by atoms with van der Waals surface area (Å²) in [6, 6.07) is 7.49. The van der Waals surface area contributed by atoms with Crippen LogP contribution < -0.4 is 27.0 Å². The number of primary amides is 1. The third-order valence-electron chi connectivity index (χ3n) is 10.7. The van der Waals surface area contributed by atoms with Gasteiger partial charge in [0.05, 0.1) is 12.5 Å². The van der Waals surface area contributed by atoms with E-state index in [0.717, 1.165) is 35.9 Å². The fourth-order valence-electron chi connectivity index (χ4n) is 7.50. The summed E-state index contributed by atoms with van der Waals surface area (Å²) in [7, 11) is 0. The highest BCUT2D eigenvalue weighted by molar-refractivity contribution is 6.14. The van der Waals surface area contributed by atoms with Crippen molar-refractivity contribution in [1.29, 1.82) is 0 Å². The van der Waals surface area contributed by atoms with Gasteiger partial charge in [-0.05, 0) is 48.1 Å². The zero-order chi connectivity index (χ0) is 51.2. The molecule has 3 aromatic rings. The van der Waals surface area contributed by atoms with Crippen LogP contribution in [0.4, 0.5) is 8.78 Å². The van der Waals surface area contributed by atoms with E-state index in [9.17, 15) is 62.5 Å². The van der Waals surface area contributed by atoms with Gasteiger partial charge in [0, 0.05) is 67.6 Å². The van der Waals surface area contributed by atoms with E-state index in [1.807, 2.05) is 12.1 Å². The molecule has 0 unspecified atom stereocenters. The van der Waals surface area contributed by atoms with Gasteiger partial charge < -0.3 is 51.8 Å². The number of hydrogen-bond acceptors (Lipinski definition) is 11. The van der Waals surface area contributed by atoms with Crippen LogP contribution in [-0.4, -0.2) is 133 Å². The molecule has 0 bridgehead atoms. The number of nitrogens with zero attached hydrogens (tertiary/aromatic N) is 3. The molecule has 2 aromatic carbocycles. The fraction of sp³-hybridized carbons (Fsp3) is 0.391. The van der Waals surface area contributed by atoms with E-state index in [4.69, 9.17) is 10.8 Å². The van der Waals surface area contributed by atoms with Crippen LogP contribution in [0.5, 0.6) is 0 Å². The number of rotatable bonds is 25. The van der Waals surface area contributed by atoms with Gasteiger partial charge in [-0.25, -0.2) is 13.6 Å². The molecule has 1 aromatic heterocycles. The molecular weight excluding hydrogens is 911 g/mol. The third-order valence-corrected chi connectivity index (χ3v) is 10.7. The molecule has 21 nitrogen and oxygen atoms in total. The topological polar surface area (TPSA) is 317 Å². The number of benzene rings is 2. The summed E-state index contributed by atoms with van der Waals surface area (Å²) in [5.41, 5.74) is 5.79. The van der Waals surface area contributed by atoms with Crippen molar-refractivity contribution in [3.63, 3.8) is 0 Å². The minimum atomic E-state index is -1.80. The smallest absolute Gasteiger partial charge is 0.326 e. The third kappa shape index (κ3) is 15.6. The lowest BCUT2D eigenvalue weighted by molar-refractivity contribution is -0.143. The second kappa shape index (κ2) is 24.3. The van der Waals surface area contributed by atoms with Crippen molar-refractivity contribution < 1.29 is 72.0 Å². The molecule has 0 fully saturated rings. The van der Waals surface area contributed by atoms with E-state index < -0.39 is 159 Å². The second-order valence-electron chi connectivity index (χ2n) is 17.1. The SMILES string of the molecule is CC(C)(C)[C@H](c1cc(-c2cc(F)ccc2F)cn1Cc1ccccc1)N(CC[C@H](NC(=O)[C@H](CC(N)=O)NC(=O)CN1C(=O)C=CC1=O)C(=O)NCCC(=O)N[C@H](CCC(=O)O)C(=O)O)C(=O)CO. The number of carbonyl (C=O) groups is 10. The first-order valence-corrected chi connectivity index (χ1v) is 21.5. The molecule has 69 heavy (non-hydrogen) atoms. The maximum Gasteiger partial charge on any atom is 0.326 e. The quantitative estimate of drug-likeness (QED) is 0.0537. The number of aliphatic hydroxyl groups is 1. The molecule has 1 aliphatic heterocycles. The van der Waals surface area contributed by atoms with E-state index in [1.165, 1.54) is 4.90 Å². The Hall–Kier alpha value is -7.82. The Morgan fingerprint density at radius 1 is 0.797 bits per heavy atom. The number of aliphatic hydroxyl groups excluding tert-OH is 1. The Morgan fingerprint density at radius 2 is 1.45 bits per heavy atom. The van der Waals surface area contributed by atoms with Crippen molar-refractivity contribution in [2.24, 2.45) is 11.1 Å².